The Balaban J connectivity index is 1.95. The van der Waals surface area contributed by atoms with Crippen LogP contribution < -0.4 is 10.6 Å². The van der Waals surface area contributed by atoms with Crippen LogP contribution in [0.3, 0.4) is 0 Å². The highest BCUT2D eigenvalue weighted by Gasteiger charge is 2.11. The molecule has 5 nitrogen and oxygen atoms in total. The molecule has 0 radical (unpaired) electrons. The molecule has 19 heavy (non-hydrogen) atoms. The minimum atomic E-state index is -0.226. The predicted molar refractivity (Wildman–Crippen MR) is 73.5 cm³/mol. The first kappa shape index (κ1) is 13.4. The maximum Gasteiger partial charge on any atom is 0.253 e. The number of carbonyl (C=O) groups excluding carboxylic acids is 1. The molecular weight excluding hydrogens is 266 g/mol. The lowest BCUT2D eigenvalue weighted by Gasteiger charge is -2.07. The molecule has 0 saturated carbocycles. The van der Waals surface area contributed by atoms with Crippen molar-refractivity contribution in [2.45, 2.75) is 6.42 Å². The Bertz CT molecular complexity index is 555. The summed E-state index contributed by atoms with van der Waals surface area (Å²) in [4.78, 5) is 16.0. The lowest BCUT2D eigenvalue weighted by molar-refractivity contribution is 0.0954. The normalized spacial score (nSPS) is 10.2. The Morgan fingerprint density at radius 3 is 3.05 bits per heavy atom. The number of amides is 1. The first-order chi connectivity index (χ1) is 9.20. The molecule has 2 aromatic rings. The molecule has 0 bridgehead atoms. The third kappa shape index (κ3) is 3.48. The molecule has 0 aliphatic heterocycles. The summed E-state index contributed by atoms with van der Waals surface area (Å²) < 4.78 is 5.18. The summed E-state index contributed by atoms with van der Waals surface area (Å²) in [5.41, 5.74) is 0.403. The van der Waals surface area contributed by atoms with Crippen molar-refractivity contribution in [1.82, 2.24) is 10.3 Å². The van der Waals surface area contributed by atoms with Gasteiger partial charge in [0.2, 0.25) is 0 Å². The van der Waals surface area contributed by atoms with E-state index in [0.29, 0.717) is 29.4 Å². The molecule has 0 aliphatic rings. The summed E-state index contributed by atoms with van der Waals surface area (Å²) in [7, 11) is 1.73. The minimum Gasteiger partial charge on any atom is -0.469 e. The number of hydrogen-bond donors (Lipinski definition) is 2. The van der Waals surface area contributed by atoms with Crippen molar-refractivity contribution in [3.8, 4) is 0 Å². The van der Waals surface area contributed by atoms with E-state index in [9.17, 15) is 4.79 Å². The summed E-state index contributed by atoms with van der Waals surface area (Å²) in [5, 5.41) is 5.98. The molecule has 2 heterocycles. The number of hydrogen-bond acceptors (Lipinski definition) is 4. The van der Waals surface area contributed by atoms with Crippen molar-refractivity contribution < 1.29 is 9.21 Å². The average Bonchev–Trinajstić information content (AvgIpc) is 2.92. The SMILES string of the molecule is CNc1cc(C(=O)NCCc2ccco2)c(Cl)cn1. The second kappa shape index (κ2) is 6.24. The van der Waals surface area contributed by atoms with E-state index in [0.717, 1.165) is 5.76 Å². The summed E-state index contributed by atoms with van der Waals surface area (Å²) >= 11 is 5.96. The van der Waals surface area contributed by atoms with Crippen LogP contribution in [0, 0.1) is 0 Å². The fourth-order valence-electron chi connectivity index (χ4n) is 1.60. The van der Waals surface area contributed by atoms with Crippen LogP contribution in [0.2, 0.25) is 5.02 Å². The standard InChI is InChI=1S/C13H14ClN3O2/c1-15-12-7-10(11(14)8-17-12)13(18)16-5-4-9-3-2-6-19-9/h2-3,6-8H,4-5H2,1H3,(H,15,17)(H,16,18). The van der Waals surface area contributed by atoms with Gasteiger partial charge in [-0.25, -0.2) is 4.98 Å². The highest BCUT2D eigenvalue weighted by Crippen LogP contribution is 2.17. The molecule has 0 spiro atoms. The zero-order chi connectivity index (χ0) is 13.7. The number of nitrogens with zero attached hydrogens (tertiary/aromatic N) is 1. The highest BCUT2D eigenvalue weighted by molar-refractivity contribution is 6.33. The van der Waals surface area contributed by atoms with Crippen molar-refractivity contribution in [2.24, 2.45) is 0 Å². The van der Waals surface area contributed by atoms with Crippen LogP contribution in [0.4, 0.5) is 5.82 Å². The van der Waals surface area contributed by atoms with Crippen LogP contribution in [0.5, 0.6) is 0 Å². The summed E-state index contributed by atoms with van der Waals surface area (Å²) in [6.07, 6.45) is 3.70. The van der Waals surface area contributed by atoms with Gasteiger partial charge in [-0.2, -0.15) is 0 Å². The van der Waals surface area contributed by atoms with E-state index in [1.807, 2.05) is 12.1 Å². The van der Waals surface area contributed by atoms with Gasteiger partial charge in [-0.3, -0.25) is 4.79 Å². The van der Waals surface area contributed by atoms with Gasteiger partial charge in [0.15, 0.2) is 0 Å². The summed E-state index contributed by atoms with van der Waals surface area (Å²) in [6.45, 7) is 0.486. The number of furan rings is 1. The fourth-order valence-corrected chi connectivity index (χ4v) is 1.79. The maximum atomic E-state index is 12.0. The Morgan fingerprint density at radius 1 is 1.53 bits per heavy atom. The molecule has 0 unspecified atom stereocenters. The predicted octanol–water partition coefficient (Wildman–Crippen LogP) is 2.34. The van der Waals surface area contributed by atoms with Gasteiger partial charge in [0.25, 0.3) is 5.91 Å². The van der Waals surface area contributed by atoms with Crippen LogP contribution in [0.25, 0.3) is 0 Å². The average molecular weight is 280 g/mol. The van der Waals surface area contributed by atoms with Crippen molar-refractivity contribution in [3.63, 3.8) is 0 Å². The summed E-state index contributed by atoms with van der Waals surface area (Å²) in [6, 6.07) is 5.30. The Kier molecular flexibility index (Phi) is 4.41. The monoisotopic (exact) mass is 279 g/mol. The number of aromatic nitrogens is 1. The van der Waals surface area contributed by atoms with Gasteiger partial charge in [-0.1, -0.05) is 11.6 Å². The third-order valence-electron chi connectivity index (χ3n) is 2.59. The van der Waals surface area contributed by atoms with Gasteiger partial charge in [0.05, 0.1) is 16.8 Å². The number of nitrogens with one attached hydrogen (secondary N) is 2. The Morgan fingerprint density at radius 2 is 2.37 bits per heavy atom. The Hall–Kier alpha value is -2.01. The van der Waals surface area contributed by atoms with Gasteiger partial charge in [-0.05, 0) is 18.2 Å². The van der Waals surface area contributed by atoms with E-state index < -0.39 is 0 Å². The van der Waals surface area contributed by atoms with Gasteiger partial charge in [0, 0.05) is 26.2 Å². The van der Waals surface area contributed by atoms with E-state index >= 15 is 0 Å². The van der Waals surface area contributed by atoms with Crippen LogP contribution in [0.1, 0.15) is 16.1 Å². The molecule has 0 aliphatic carbocycles. The largest absolute Gasteiger partial charge is 0.469 e. The molecule has 0 aromatic carbocycles. The number of anilines is 1. The molecule has 0 saturated heterocycles. The number of rotatable bonds is 5. The maximum absolute atomic E-state index is 12.0. The molecular formula is C13H14ClN3O2. The Labute approximate surface area is 116 Å². The number of carbonyl (C=O) groups is 1. The molecule has 2 N–H and O–H groups in total. The first-order valence-electron chi connectivity index (χ1n) is 5.84. The van der Waals surface area contributed by atoms with E-state index in [2.05, 4.69) is 15.6 Å². The summed E-state index contributed by atoms with van der Waals surface area (Å²) in [5.74, 6) is 1.20. The van der Waals surface area contributed by atoms with Crippen LogP contribution >= 0.6 is 11.6 Å². The lowest BCUT2D eigenvalue weighted by Crippen LogP contribution is -2.26. The van der Waals surface area contributed by atoms with E-state index in [-0.39, 0.29) is 5.91 Å². The minimum absolute atomic E-state index is 0.226. The number of pyridine rings is 1. The smallest absolute Gasteiger partial charge is 0.253 e. The molecule has 100 valence electrons. The third-order valence-corrected chi connectivity index (χ3v) is 2.89. The zero-order valence-electron chi connectivity index (χ0n) is 10.4. The van der Waals surface area contributed by atoms with Gasteiger partial charge >= 0.3 is 0 Å². The highest BCUT2D eigenvalue weighted by atomic mass is 35.5. The second-order valence-corrected chi connectivity index (χ2v) is 4.29. The van der Waals surface area contributed by atoms with Crippen molar-refractivity contribution >= 4 is 23.3 Å². The lowest BCUT2D eigenvalue weighted by atomic mass is 10.2. The van der Waals surface area contributed by atoms with Gasteiger partial charge in [0.1, 0.15) is 11.6 Å². The molecule has 2 aromatic heterocycles. The van der Waals surface area contributed by atoms with Gasteiger partial charge in [-0.15, -0.1) is 0 Å². The number of halogens is 1. The van der Waals surface area contributed by atoms with Crippen LogP contribution in [-0.4, -0.2) is 24.5 Å². The fraction of sp³-hybridized carbons (Fsp3) is 0.231. The van der Waals surface area contributed by atoms with E-state index in [4.69, 9.17) is 16.0 Å². The van der Waals surface area contributed by atoms with Gasteiger partial charge < -0.3 is 15.1 Å². The second-order valence-electron chi connectivity index (χ2n) is 3.88. The van der Waals surface area contributed by atoms with E-state index in [1.54, 1.807) is 19.4 Å². The molecule has 0 fully saturated rings. The van der Waals surface area contributed by atoms with Crippen molar-refractivity contribution in [3.05, 3.63) is 47.0 Å². The molecule has 6 heteroatoms. The van der Waals surface area contributed by atoms with Crippen molar-refractivity contribution in [1.29, 1.82) is 0 Å². The molecule has 2 rings (SSSR count). The topological polar surface area (TPSA) is 67.2 Å². The quantitative estimate of drug-likeness (QED) is 0.882. The first-order valence-corrected chi connectivity index (χ1v) is 6.22. The van der Waals surface area contributed by atoms with Crippen LogP contribution in [0.15, 0.2) is 35.1 Å². The van der Waals surface area contributed by atoms with Crippen LogP contribution in [-0.2, 0) is 6.42 Å². The van der Waals surface area contributed by atoms with E-state index in [1.165, 1.54) is 6.20 Å². The molecule has 1 amide bonds. The molecule has 0 atom stereocenters. The van der Waals surface area contributed by atoms with Crippen molar-refractivity contribution in [2.75, 3.05) is 18.9 Å². The zero-order valence-corrected chi connectivity index (χ0v) is 11.2.